The Bertz CT molecular complexity index is 625. The van der Waals surface area contributed by atoms with Crippen molar-refractivity contribution in [1.29, 1.82) is 0 Å². The zero-order chi connectivity index (χ0) is 14.0. The van der Waals surface area contributed by atoms with Gasteiger partial charge in [0.05, 0.1) is 5.02 Å². The molecule has 0 saturated carbocycles. The molecule has 7 heteroatoms. The Morgan fingerprint density at radius 1 is 1.47 bits per heavy atom. The van der Waals surface area contributed by atoms with Gasteiger partial charge < -0.3 is 9.84 Å². The molecule has 1 aromatic carbocycles. The van der Waals surface area contributed by atoms with E-state index in [-0.39, 0.29) is 17.4 Å². The number of aryl methyl sites for hydroxylation is 1. The summed E-state index contributed by atoms with van der Waals surface area (Å²) in [7, 11) is 0. The van der Waals surface area contributed by atoms with E-state index < -0.39 is 5.97 Å². The lowest BCUT2D eigenvalue weighted by atomic mass is 10.2. The number of carboxylic acids is 1. The molecular formula is C12H10Cl2N2O3. The largest absolute Gasteiger partial charge is 0.476 e. The van der Waals surface area contributed by atoms with Crippen LogP contribution in [-0.2, 0) is 6.73 Å². The van der Waals surface area contributed by atoms with Gasteiger partial charge in [-0.1, -0.05) is 23.2 Å². The second kappa shape index (κ2) is 5.50. The van der Waals surface area contributed by atoms with Crippen molar-refractivity contribution in [2.75, 3.05) is 0 Å². The van der Waals surface area contributed by atoms with Crippen molar-refractivity contribution in [1.82, 2.24) is 9.78 Å². The predicted molar refractivity (Wildman–Crippen MR) is 71.0 cm³/mol. The molecule has 0 spiro atoms. The molecule has 0 atom stereocenters. The molecule has 0 aliphatic rings. The van der Waals surface area contributed by atoms with Crippen molar-refractivity contribution in [3.8, 4) is 5.75 Å². The third-order valence-corrected chi connectivity index (χ3v) is 2.92. The highest BCUT2D eigenvalue weighted by Gasteiger charge is 2.14. The van der Waals surface area contributed by atoms with Gasteiger partial charge in [0.15, 0.2) is 12.4 Å². The first-order chi connectivity index (χ1) is 8.97. The number of hydrogen-bond donors (Lipinski definition) is 1. The van der Waals surface area contributed by atoms with Gasteiger partial charge in [-0.3, -0.25) is 0 Å². The average molecular weight is 301 g/mol. The molecule has 0 amide bonds. The van der Waals surface area contributed by atoms with Crippen molar-refractivity contribution in [2.45, 2.75) is 13.7 Å². The molecule has 0 saturated heterocycles. The first-order valence-electron chi connectivity index (χ1n) is 5.32. The van der Waals surface area contributed by atoms with E-state index in [9.17, 15) is 4.79 Å². The SMILES string of the molecule is Cc1cc(Cl)ccc1OCn1cc(Cl)c(C(=O)O)n1. The van der Waals surface area contributed by atoms with Gasteiger partial charge in [-0.15, -0.1) is 0 Å². The normalized spacial score (nSPS) is 10.5. The summed E-state index contributed by atoms with van der Waals surface area (Å²) in [6, 6.07) is 5.22. The number of carbonyl (C=O) groups is 1. The van der Waals surface area contributed by atoms with Crippen LogP contribution in [-0.4, -0.2) is 20.9 Å². The van der Waals surface area contributed by atoms with E-state index in [0.717, 1.165) is 5.56 Å². The van der Waals surface area contributed by atoms with Crippen LogP contribution in [0.15, 0.2) is 24.4 Å². The number of nitrogens with zero attached hydrogens (tertiary/aromatic N) is 2. The van der Waals surface area contributed by atoms with E-state index >= 15 is 0 Å². The Morgan fingerprint density at radius 3 is 2.79 bits per heavy atom. The maximum atomic E-state index is 10.8. The van der Waals surface area contributed by atoms with Crippen LogP contribution in [0.25, 0.3) is 0 Å². The van der Waals surface area contributed by atoms with Gasteiger partial charge in [0, 0.05) is 11.2 Å². The van der Waals surface area contributed by atoms with Gasteiger partial charge in [0.2, 0.25) is 0 Å². The lowest BCUT2D eigenvalue weighted by molar-refractivity contribution is 0.0688. The number of aromatic carboxylic acids is 1. The lowest BCUT2D eigenvalue weighted by Crippen LogP contribution is -2.08. The fraction of sp³-hybridized carbons (Fsp3) is 0.167. The molecule has 0 fully saturated rings. The van der Waals surface area contributed by atoms with E-state index in [1.54, 1.807) is 18.2 Å². The van der Waals surface area contributed by atoms with Crippen LogP contribution in [0.5, 0.6) is 5.75 Å². The van der Waals surface area contributed by atoms with E-state index in [1.807, 2.05) is 6.92 Å². The highest BCUT2D eigenvalue weighted by Crippen LogP contribution is 2.22. The summed E-state index contributed by atoms with van der Waals surface area (Å²) < 4.78 is 6.84. The van der Waals surface area contributed by atoms with E-state index in [4.69, 9.17) is 33.0 Å². The predicted octanol–water partition coefficient (Wildman–Crippen LogP) is 3.23. The van der Waals surface area contributed by atoms with Gasteiger partial charge >= 0.3 is 5.97 Å². The summed E-state index contributed by atoms with van der Waals surface area (Å²) >= 11 is 11.6. The van der Waals surface area contributed by atoms with Crippen LogP contribution in [0.3, 0.4) is 0 Å². The van der Waals surface area contributed by atoms with Gasteiger partial charge in [-0.25, -0.2) is 9.48 Å². The van der Waals surface area contributed by atoms with Crippen molar-refractivity contribution < 1.29 is 14.6 Å². The average Bonchev–Trinajstić information content (AvgIpc) is 2.69. The quantitative estimate of drug-likeness (QED) is 0.941. The maximum absolute atomic E-state index is 10.8. The fourth-order valence-electron chi connectivity index (χ4n) is 1.52. The molecule has 1 aromatic heterocycles. The van der Waals surface area contributed by atoms with Crippen molar-refractivity contribution in [3.63, 3.8) is 0 Å². The Labute approximate surface area is 119 Å². The summed E-state index contributed by atoms with van der Waals surface area (Å²) in [5.41, 5.74) is 0.683. The van der Waals surface area contributed by atoms with Crippen LogP contribution in [0.4, 0.5) is 0 Å². The third-order valence-electron chi connectivity index (χ3n) is 2.41. The zero-order valence-corrected chi connectivity index (χ0v) is 11.4. The molecular weight excluding hydrogens is 291 g/mol. The lowest BCUT2D eigenvalue weighted by Gasteiger charge is -2.09. The highest BCUT2D eigenvalue weighted by atomic mass is 35.5. The van der Waals surface area contributed by atoms with Crippen LogP contribution >= 0.6 is 23.2 Å². The molecule has 0 bridgehead atoms. The molecule has 19 heavy (non-hydrogen) atoms. The first kappa shape index (κ1) is 13.7. The van der Waals surface area contributed by atoms with E-state index in [0.29, 0.717) is 10.8 Å². The molecule has 0 aliphatic heterocycles. The fourth-order valence-corrected chi connectivity index (χ4v) is 1.98. The molecule has 1 N–H and O–H groups in total. The third kappa shape index (κ3) is 3.19. The second-order valence-electron chi connectivity index (χ2n) is 3.85. The Morgan fingerprint density at radius 2 is 2.21 bits per heavy atom. The summed E-state index contributed by atoms with van der Waals surface area (Å²) in [5.74, 6) is -0.528. The standard InChI is InChI=1S/C12H10Cl2N2O3/c1-7-4-8(13)2-3-10(7)19-6-16-5-9(14)11(15-16)12(17)18/h2-5H,6H2,1H3,(H,17,18). The van der Waals surface area contributed by atoms with Gasteiger partial charge in [0.1, 0.15) is 5.75 Å². The van der Waals surface area contributed by atoms with Crippen molar-refractivity contribution >= 4 is 29.2 Å². The first-order valence-corrected chi connectivity index (χ1v) is 6.08. The molecule has 0 unspecified atom stereocenters. The van der Waals surface area contributed by atoms with E-state index in [1.165, 1.54) is 10.9 Å². The van der Waals surface area contributed by atoms with Crippen molar-refractivity contribution in [2.24, 2.45) is 0 Å². The summed E-state index contributed by atoms with van der Waals surface area (Å²) in [6.07, 6.45) is 1.40. The highest BCUT2D eigenvalue weighted by molar-refractivity contribution is 6.33. The van der Waals surface area contributed by atoms with Gasteiger partial charge in [-0.05, 0) is 30.7 Å². The molecule has 100 valence electrons. The Kier molecular flexibility index (Phi) is 3.97. The molecule has 0 aliphatic carbocycles. The number of aromatic nitrogens is 2. The number of rotatable bonds is 4. The number of hydrogen-bond acceptors (Lipinski definition) is 3. The summed E-state index contributed by atoms with van der Waals surface area (Å²) in [4.78, 5) is 10.8. The minimum Gasteiger partial charge on any atom is -0.476 e. The van der Waals surface area contributed by atoms with Crippen LogP contribution in [0.1, 0.15) is 16.1 Å². The van der Waals surface area contributed by atoms with Crippen LogP contribution < -0.4 is 4.74 Å². The monoisotopic (exact) mass is 300 g/mol. The van der Waals surface area contributed by atoms with Gasteiger partial charge in [-0.2, -0.15) is 5.10 Å². The second-order valence-corrected chi connectivity index (χ2v) is 4.70. The molecule has 2 aromatic rings. The molecule has 5 nitrogen and oxygen atoms in total. The van der Waals surface area contributed by atoms with E-state index in [2.05, 4.69) is 5.10 Å². The smallest absolute Gasteiger partial charge is 0.357 e. The number of benzene rings is 1. The molecule has 0 radical (unpaired) electrons. The van der Waals surface area contributed by atoms with Gasteiger partial charge in [0.25, 0.3) is 0 Å². The zero-order valence-electron chi connectivity index (χ0n) is 9.93. The Hall–Kier alpha value is -1.72. The topological polar surface area (TPSA) is 64.3 Å². The number of carboxylic acid groups (broad SMARTS) is 1. The Balaban J connectivity index is 2.10. The molecule has 1 heterocycles. The van der Waals surface area contributed by atoms with Crippen LogP contribution in [0.2, 0.25) is 10.0 Å². The van der Waals surface area contributed by atoms with Crippen molar-refractivity contribution in [3.05, 3.63) is 45.7 Å². The maximum Gasteiger partial charge on any atom is 0.357 e. The van der Waals surface area contributed by atoms with Crippen LogP contribution in [0, 0.1) is 6.92 Å². The number of halogens is 2. The summed E-state index contributed by atoms with van der Waals surface area (Å²) in [6.45, 7) is 1.93. The molecule has 2 rings (SSSR count). The summed E-state index contributed by atoms with van der Waals surface area (Å²) in [5, 5.41) is 13.3. The minimum absolute atomic E-state index is 0.0650. The minimum atomic E-state index is -1.17. The number of ether oxygens (including phenoxy) is 1.